The highest BCUT2D eigenvalue weighted by Gasteiger charge is 2.55. The first-order valence-corrected chi connectivity index (χ1v) is 27.3. The Balaban J connectivity index is 0.984. The summed E-state index contributed by atoms with van der Waals surface area (Å²) < 4.78 is 0. The van der Waals surface area contributed by atoms with Gasteiger partial charge in [-0.15, -0.1) is 0 Å². The smallest absolute Gasteiger partial charge is 0.0495 e. The molecule has 2 heterocycles. The summed E-state index contributed by atoms with van der Waals surface area (Å²) in [7, 11) is 0. The van der Waals surface area contributed by atoms with E-state index in [2.05, 4.69) is 256 Å². The van der Waals surface area contributed by atoms with Gasteiger partial charge >= 0.3 is 0 Å². The summed E-state index contributed by atoms with van der Waals surface area (Å²) in [5.41, 5.74) is 18.5. The second-order valence-corrected chi connectivity index (χ2v) is 22.9. The van der Waals surface area contributed by atoms with Crippen molar-refractivity contribution >= 4 is 65.8 Å². The molecular formula is C72H60N2. The fourth-order valence-corrected chi connectivity index (χ4v) is 15.7. The molecule has 11 aromatic carbocycles. The lowest BCUT2D eigenvalue weighted by molar-refractivity contribution is 0.414. The van der Waals surface area contributed by atoms with Gasteiger partial charge in [-0.25, -0.2) is 0 Å². The summed E-state index contributed by atoms with van der Waals surface area (Å²) in [6, 6.07) is 83.5. The lowest BCUT2D eigenvalue weighted by atomic mass is 9.80. The molecule has 6 atom stereocenters. The molecule has 0 spiro atoms. The van der Waals surface area contributed by atoms with Crippen molar-refractivity contribution in [3.05, 3.63) is 230 Å². The summed E-state index contributed by atoms with van der Waals surface area (Å²) in [4.78, 5) is 5.34. The van der Waals surface area contributed by atoms with Crippen molar-refractivity contribution < 1.29 is 0 Å². The van der Waals surface area contributed by atoms with Crippen LogP contribution in [0.1, 0.15) is 76.3 Å². The van der Waals surface area contributed by atoms with Gasteiger partial charge in [0, 0.05) is 45.7 Å². The molecule has 4 aliphatic rings. The molecule has 2 heteroatoms. The third kappa shape index (κ3) is 6.24. The van der Waals surface area contributed by atoms with E-state index in [1.807, 2.05) is 0 Å². The minimum Gasteiger partial charge on any atom is -0.335 e. The Kier molecular flexibility index (Phi) is 9.60. The number of nitrogens with zero attached hydrogens (tertiary/aromatic N) is 2. The van der Waals surface area contributed by atoms with Crippen LogP contribution in [-0.2, 0) is 0 Å². The molecule has 6 unspecified atom stereocenters. The molecule has 0 amide bonds. The number of hydrogen-bond acceptors (Lipinski definition) is 2. The van der Waals surface area contributed by atoms with Crippen LogP contribution in [-0.4, -0.2) is 11.1 Å². The van der Waals surface area contributed by atoms with Crippen molar-refractivity contribution in [2.75, 3.05) is 9.80 Å². The molecule has 2 fully saturated rings. The summed E-state index contributed by atoms with van der Waals surface area (Å²) >= 11 is 0. The Morgan fingerprint density at radius 1 is 0.351 bits per heavy atom. The highest BCUT2D eigenvalue weighted by atomic mass is 15.3. The van der Waals surface area contributed by atoms with E-state index in [-0.39, 0.29) is 11.1 Å². The molecule has 0 N–H and O–H groups in total. The van der Waals surface area contributed by atoms with Crippen LogP contribution in [0.15, 0.2) is 218 Å². The lowest BCUT2D eigenvalue weighted by Crippen LogP contribution is -2.40. The number of rotatable bonds is 6. The van der Waals surface area contributed by atoms with Crippen molar-refractivity contribution in [1.29, 1.82) is 0 Å². The molecule has 74 heavy (non-hydrogen) atoms. The maximum atomic E-state index is 2.67. The van der Waals surface area contributed by atoms with E-state index in [0.717, 1.165) is 0 Å². The van der Waals surface area contributed by atoms with Gasteiger partial charge in [0.05, 0.1) is 0 Å². The normalized spacial score (nSPS) is 22.7. The van der Waals surface area contributed by atoms with Crippen LogP contribution < -0.4 is 9.80 Å². The Morgan fingerprint density at radius 2 is 0.730 bits per heavy atom. The third-order valence-electron chi connectivity index (χ3n) is 18.8. The second kappa shape index (κ2) is 16.3. The number of fused-ring (bicyclic) bond motifs is 10. The fourth-order valence-electron chi connectivity index (χ4n) is 15.7. The van der Waals surface area contributed by atoms with E-state index in [1.54, 1.807) is 0 Å². The summed E-state index contributed by atoms with van der Waals surface area (Å²) in [5, 5.41) is 10.2. The average Bonchev–Trinajstić information content (AvgIpc) is 4.11. The van der Waals surface area contributed by atoms with Crippen molar-refractivity contribution in [2.24, 2.45) is 11.8 Å². The van der Waals surface area contributed by atoms with Crippen LogP contribution in [0.4, 0.5) is 22.7 Å². The van der Waals surface area contributed by atoms with Gasteiger partial charge < -0.3 is 9.80 Å². The Labute approximate surface area is 435 Å². The largest absolute Gasteiger partial charge is 0.335 e. The molecule has 0 saturated heterocycles. The quantitative estimate of drug-likeness (QED) is 0.153. The van der Waals surface area contributed by atoms with Gasteiger partial charge in [-0.3, -0.25) is 0 Å². The Bertz CT molecular complexity index is 3800. The van der Waals surface area contributed by atoms with Gasteiger partial charge in [0.15, 0.2) is 0 Å². The van der Waals surface area contributed by atoms with Crippen molar-refractivity contribution in [1.82, 2.24) is 0 Å². The Hall–Kier alpha value is -7.94. The molecule has 2 nitrogen and oxygen atoms in total. The van der Waals surface area contributed by atoms with Crippen LogP contribution in [0.3, 0.4) is 0 Å². The zero-order chi connectivity index (χ0) is 49.5. The number of para-hydroxylation sites is 2. The second-order valence-electron chi connectivity index (χ2n) is 22.9. The van der Waals surface area contributed by atoms with E-state index in [9.17, 15) is 0 Å². The third-order valence-corrected chi connectivity index (χ3v) is 18.8. The average molecular weight is 953 g/mol. The van der Waals surface area contributed by atoms with Gasteiger partial charge in [0.25, 0.3) is 0 Å². The predicted octanol–water partition coefficient (Wildman–Crippen LogP) is 19.8. The number of benzene rings is 11. The molecular weight excluding hydrogens is 893 g/mol. The fraction of sp³-hybridized carbons (Fsp3) is 0.194. The molecule has 0 aromatic heterocycles. The van der Waals surface area contributed by atoms with Crippen molar-refractivity contribution in [3.8, 4) is 44.5 Å². The van der Waals surface area contributed by atoms with E-state index < -0.39 is 0 Å². The van der Waals surface area contributed by atoms with E-state index in [4.69, 9.17) is 0 Å². The first kappa shape index (κ1) is 43.6. The summed E-state index contributed by atoms with van der Waals surface area (Å²) in [6.07, 6.45) is 4.85. The van der Waals surface area contributed by atoms with Gasteiger partial charge in [0.2, 0.25) is 0 Å². The van der Waals surface area contributed by atoms with Crippen LogP contribution in [0.5, 0.6) is 0 Å². The van der Waals surface area contributed by atoms with Gasteiger partial charge in [-0.05, 0) is 211 Å². The molecule has 2 aliphatic heterocycles. The molecule has 2 aliphatic carbocycles. The SMILES string of the molecule is CC1CCC2(C)C1c1cc(-c3ccc4c(-c5cccc6ccccc56)c5cc(-c6ccc7c(c6)C6C(C)CCC6(C)N7c6ccccc6)ccc5c(-c5cccc6ccccc56)c4c3)ccc1N2c1ccccc1. The van der Waals surface area contributed by atoms with Crippen LogP contribution in [0.25, 0.3) is 87.6 Å². The first-order valence-electron chi connectivity index (χ1n) is 27.3. The maximum absolute atomic E-state index is 2.67. The molecule has 0 bridgehead atoms. The van der Waals surface area contributed by atoms with Gasteiger partial charge in [-0.1, -0.05) is 172 Å². The van der Waals surface area contributed by atoms with Crippen molar-refractivity contribution in [3.63, 3.8) is 0 Å². The zero-order valence-corrected chi connectivity index (χ0v) is 42.8. The standard InChI is InChI=1S/C72H60N2/c1-45-37-39-71(3)69(45)63-43-51(31-35-65(63)73(71)53-21-7-5-8-22-53)49-29-33-59-61(41-49)67(57-27-15-19-47-17-11-13-25-55(47)57)60-34-30-50(42-62(60)68(59)58-28-16-20-48-18-12-14-26-56(48)58)52-32-36-66-64(44-52)70-46(2)38-40-72(70,4)74(66)54-23-9-6-10-24-54/h5-36,41-46,69-70H,37-40H2,1-4H3. The molecule has 0 radical (unpaired) electrons. The zero-order valence-electron chi connectivity index (χ0n) is 42.8. The molecule has 358 valence electrons. The van der Waals surface area contributed by atoms with Crippen LogP contribution in [0.2, 0.25) is 0 Å². The van der Waals surface area contributed by atoms with E-state index >= 15 is 0 Å². The lowest BCUT2D eigenvalue weighted by Gasteiger charge is -2.38. The van der Waals surface area contributed by atoms with Crippen LogP contribution in [0, 0.1) is 11.8 Å². The minimum absolute atomic E-state index is 0.0373. The summed E-state index contributed by atoms with van der Waals surface area (Å²) in [5.74, 6) is 2.12. The predicted molar refractivity (Wildman–Crippen MR) is 314 cm³/mol. The topological polar surface area (TPSA) is 6.48 Å². The highest BCUT2D eigenvalue weighted by Crippen LogP contribution is 2.63. The van der Waals surface area contributed by atoms with E-state index in [1.165, 1.54) is 147 Å². The minimum atomic E-state index is 0.0373. The molecule has 15 rings (SSSR count). The molecule has 2 saturated carbocycles. The van der Waals surface area contributed by atoms with Crippen LogP contribution >= 0.6 is 0 Å². The number of hydrogen-bond donors (Lipinski definition) is 0. The van der Waals surface area contributed by atoms with E-state index in [0.29, 0.717) is 23.7 Å². The monoisotopic (exact) mass is 952 g/mol. The van der Waals surface area contributed by atoms with Crippen molar-refractivity contribution in [2.45, 2.75) is 76.3 Å². The first-order chi connectivity index (χ1) is 36.3. The maximum Gasteiger partial charge on any atom is 0.0495 e. The van der Waals surface area contributed by atoms with Gasteiger partial charge in [0.1, 0.15) is 0 Å². The highest BCUT2D eigenvalue weighted by molar-refractivity contribution is 6.26. The number of anilines is 4. The molecule has 11 aromatic rings. The summed E-state index contributed by atoms with van der Waals surface area (Å²) in [6.45, 7) is 9.99. The Morgan fingerprint density at radius 3 is 1.18 bits per heavy atom. The van der Waals surface area contributed by atoms with Gasteiger partial charge in [-0.2, -0.15) is 0 Å².